The molecule has 2 aromatic rings. The Morgan fingerprint density at radius 1 is 0.957 bits per heavy atom. The minimum Gasteiger partial charge on any atom is -0.307 e. The van der Waals surface area contributed by atoms with Crippen LogP contribution in [0.15, 0.2) is 42.5 Å². The highest BCUT2D eigenvalue weighted by molar-refractivity contribution is 6.42. The van der Waals surface area contributed by atoms with Crippen LogP contribution in [0.2, 0.25) is 10.0 Å². The van der Waals surface area contributed by atoms with Gasteiger partial charge in [-0.2, -0.15) is 0 Å². The number of rotatable bonds is 1. The number of amides is 3. The molecule has 0 aliphatic carbocycles. The molecule has 2 aliphatic heterocycles. The summed E-state index contributed by atoms with van der Waals surface area (Å²) in [5, 5.41) is 0.706. The van der Waals surface area contributed by atoms with Crippen molar-refractivity contribution in [3.05, 3.63) is 63.6 Å². The number of carbonyl (C=O) groups is 2. The van der Waals surface area contributed by atoms with E-state index in [9.17, 15) is 9.59 Å². The van der Waals surface area contributed by atoms with E-state index in [2.05, 4.69) is 0 Å². The molecule has 0 spiro atoms. The van der Waals surface area contributed by atoms with Crippen molar-refractivity contribution in [3.63, 3.8) is 0 Å². The van der Waals surface area contributed by atoms with Crippen molar-refractivity contribution in [2.75, 3.05) is 4.90 Å². The van der Waals surface area contributed by atoms with Crippen LogP contribution in [0.4, 0.5) is 10.5 Å². The van der Waals surface area contributed by atoms with E-state index in [-0.39, 0.29) is 11.9 Å². The van der Waals surface area contributed by atoms with Crippen molar-refractivity contribution >= 4 is 40.8 Å². The molecule has 0 saturated carbocycles. The van der Waals surface area contributed by atoms with Gasteiger partial charge in [-0.05, 0) is 29.3 Å². The monoisotopic (exact) mass is 346 g/mol. The molecule has 1 unspecified atom stereocenters. The Morgan fingerprint density at radius 2 is 1.70 bits per heavy atom. The van der Waals surface area contributed by atoms with Crippen LogP contribution in [-0.2, 0) is 17.8 Å². The summed E-state index contributed by atoms with van der Waals surface area (Å²) in [7, 11) is 0. The smallest absolute Gasteiger partial charge is 0.307 e. The lowest BCUT2D eigenvalue weighted by Crippen LogP contribution is -2.39. The summed E-state index contributed by atoms with van der Waals surface area (Å²) in [5.41, 5.74) is 2.65. The second kappa shape index (κ2) is 5.25. The van der Waals surface area contributed by atoms with Crippen molar-refractivity contribution < 1.29 is 9.59 Å². The number of hydrogen-bond donors (Lipinski definition) is 0. The van der Waals surface area contributed by atoms with Gasteiger partial charge in [-0.25, -0.2) is 9.69 Å². The second-order valence-electron chi connectivity index (χ2n) is 5.67. The highest BCUT2D eigenvalue weighted by atomic mass is 35.5. The Balaban J connectivity index is 1.72. The Bertz CT molecular complexity index is 794. The first-order chi connectivity index (χ1) is 11.1. The van der Waals surface area contributed by atoms with Gasteiger partial charge in [0.1, 0.15) is 6.04 Å². The van der Waals surface area contributed by atoms with Gasteiger partial charge in [0, 0.05) is 13.0 Å². The van der Waals surface area contributed by atoms with Gasteiger partial charge >= 0.3 is 6.03 Å². The van der Waals surface area contributed by atoms with Crippen LogP contribution in [0, 0.1) is 0 Å². The minimum atomic E-state index is -0.452. The number of imide groups is 1. The van der Waals surface area contributed by atoms with Crippen molar-refractivity contribution in [3.8, 4) is 0 Å². The topological polar surface area (TPSA) is 40.6 Å². The zero-order valence-corrected chi connectivity index (χ0v) is 13.5. The SMILES string of the molecule is O=C1C2Cc3ccccc3CN2C(=O)N1c1ccc(Cl)c(Cl)c1. The minimum absolute atomic E-state index is 0.220. The number of hydrogen-bond acceptors (Lipinski definition) is 2. The molecular formula is C17H12Cl2N2O2. The van der Waals surface area contributed by atoms with Gasteiger partial charge in [-0.1, -0.05) is 47.5 Å². The molecule has 2 aromatic carbocycles. The number of carbonyl (C=O) groups excluding carboxylic acids is 2. The standard InChI is InChI=1S/C17H12Cl2N2O2/c18-13-6-5-12(8-14(13)19)21-16(22)15-7-10-3-1-2-4-11(10)9-20(15)17(21)23/h1-6,8,15H,7,9H2. The maximum Gasteiger partial charge on any atom is 0.332 e. The maximum atomic E-state index is 12.7. The molecule has 0 bridgehead atoms. The van der Waals surface area contributed by atoms with E-state index in [0.717, 1.165) is 11.1 Å². The van der Waals surface area contributed by atoms with E-state index in [1.807, 2.05) is 24.3 Å². The summed E-state index contributed by atoms with van der Waals surface area (Å²) in [5.74, 6) is -0.220. The highest BCUT2D eigenvalue weighted by Gasteiger charge is 2.47. The van der Waals surface area contributed by atoms with Crippen LogP contribution in [0.1, 0.15) is 11.1 Å². The normalized spacial score (nSPS) is 19.8. The fourth-order valence-electron chi connectivity index (χ4n) is 3.18. The molecule has 6 heteroatoms. The van der Waals surface area contributed by atoms with Gasteiger partial charge in [0.05, 0.1) is 15.7 Å². The van der Waals surface area contributed by atoms with Crippen LogP contribution in [-0.4, -0.2) is 22.9 Å². The van der Waals surface area contributed by atoms with E-state index in [4.69, 9.17) is 23.2 Å². The largest absolute Gasteiger partial charge is 0.332 e. The van der Waals surface area contributed by atoms with Crippen LogP contribution in [0.25, 0.3) is 0 Å². The number of anilines is 1. The third-order valence-corrected chi connectivity index (χ3v) is 5.09. The number of benzene rings is 2. The van der Waals surface area contributed by atoms with Gasteiger partial charge in [0.2, 0.25) is 0 Å². The lowest BCUT2D eigenvalue weighted by molar-refractivity contribution is -0.119. The summed E-state index contributed by atoms with van der Waals surface area (Å²) < 4.78 is 0. The lowest BCUT2D eigenvalue weighted by Gasteiger charge is -2.28. The fraction of sp³-hybridized carbons (Fsp3) is 0.176. The highest BCUT2D eigenvalue weighted by Crippen LogP contribution is 2.35. The quantitative estimate of drug-likeness (QED) is 0.735. The molecule has 0 radical (unpaired) electrons. The summed E-state index contributed by atoms with van der Waals surface area (Å²) in [6.07, 6.45) is 0.540. The lowest BCUT2D eigenvalue weighted by atomic mass is 9.95. The summed E-state index contributed by atoms with van der Waals surface area (Å²) in [4.78, 5) is 28.3. The maximum absolute atomic E-state index is 12.7. The molecule has 0 N–H and O–H groups in total. The Hall–Kier alpha value is -2.04. The van der Waals surface area contributed by atoms with Crippen molar-refractivity contribution in [2.45, 2.75) is 19.0 Å². The average molecular weight is 347 g/mol. The third kappa shape index (κ3) is 2.21. The molecule has 116 valence electrons. The van der Waals surface area contributed by atoms with E-state index >= 15 is 0 Å². The molecule has 4 rings (SSSR count). The van der Waals surface area contributed by atoms with Crippen LogP contribution >= 0.6 is 23.2 Å². The third-order valence-electron chi connectivity index (χ3n) is 4.35. The van der Waals surface area contributed by atoms with Gasteiger partial charge < -0.3 is 4.90 Å². The summed E-state index contributed by atoms with van der Waals surface area (Å²) in [6.45, 7) is 0.448. The Labute approximate surface area is 143 Å². The van der Waals surface area contributed by atoms with Gasteiger partial charge in [0.25, 0.3) is 5.91 Å². The van der Waals surface area contributed by atoms with E-state index < -0.39 is 6.04 Å². The number of nitrogens with zero attached hydrogens (tertiary/aromatic N) is 2. The van der Waals surface area contributed by atoms with Gasteiger partial charge in [0.15, 0.2) is 0 Å². The van der Waals surface area contributed by atoms with Crippen LogP contribution in [0.5, 0.6) is 0 Å². The molecule has 4 nitrogen and oxygen atoms in total. The second-order valence-corrected chi connectivity index (χ2v) is 6.49. The van der Waals surface area contributed by atoms with Crippen LogP contribution < -0.4 is 4.90 Å². The van der Waals surface area contributed by atoms with E-state index in [1.54, 1.807) is 23.1 Å². The first kappa shape index (κ1) is 14.5. The van der Waals surface area contributed by atoms with E-state index in [1.165, 1.54) is 4.90 Å². The first-order valence-electron chi connectivity index (χ1n) is 7.22. The number of fused-ring (bicyclic) bond motifs is 2. The number of halogens is 2. The zero-order valence-electron chi connectivity index (χ0n) is 12.0. The molecule has 2 aliphatic rings. The van der Waals surface area contributed by atoms with Crippen molar-refractivity contribution in [1.82, 2.24) is 4.90 Å². The predicted molar refractivity (Wildman–Crippen MR) is 88.8 cm³/mol. The molecule has 2 heterocycles. The number of urea groups is 1. The van der Waals surface area contributed by atoms with E-state index in [0.29, 0.717) is 28.7 Å². The molecule has 3 amide bonds. The fourth-order valence-corrected chi connectivity index (χ4v) is 3.47. The first-order valence-corrected chi connectivity index (χ1v) is 7.98. The molecule has 0 aromatic heterocycles. The van der Waals surface area contributed by atoms with Crippen molar-refractivity contribution in [2.24, 2.45) is 0 Å². The Morgan fingerprint density at radius 3 is 2.43 bits per heavy atom. The summed E-state index contributed by atoms with van der Waals surface area (Å²) in [6, 6.07) is 11.9. The molecular weight excluding hydrogens is 335 g/mol. The van der Waals surface area contributed by atoms with Crippen LogP contribution in [0.3, 0.4) is 0 Å². The molecule has 1 saturated heterocycles. The summed E-state index contributed by atoms with van der Waals surface area (Å²) >= 11 is 11.9. The van der Waals surface area contributed by atoms with Crippen molar-refractivity contribution in [1.29, 1.82) is 0 Å². The zero-order chi connectivity index (χ0) is 16.1. The van der Waals surface area contributed by atoms with Gasteiger partial charge in [-0.3, -0.25) is 4.79 Å². The Kier molecular flexibility index (Phi) is 3.32. The average Bonchev–Trinajstić information content (AvgIpc) is 2.79. The molecule has 1 atom stereocenters. The molecule has 23 heavy (non-hydrogen) atoms. The predicted octanol–water partition coefficient (Wildman–Crippen LogP) is 3.89. The molecule has 1 fully saturated rings. The van der Waals surface area contributed by atoms with Gasteiger partial charge in [-0.15, -0.1) is 0 Å².